The van der Waals surface area contributed by atoms with E-state index in [2.05, 4.69) is 43.4 Å². The number of ether oxygens (including phenoxy) is 1. The summed E-state index contributed by atoms with van der Waals surface area (Å²) in [5, 5.41) is 3.36. The molecule has 1 rings (SSSR count). The van der Waals surface area contributed by atoms with Crippen LogP contribution in [0.2, 0.25) is 0 Å². The maximum Gasteiger partial charge on any atom is 0.0667 e. The minimum atomic E-state index is 0.278. The zero-order valence-corrected chi connectivity index (χ0v) is 9.92. The molecule has 2 nitrogen and oxygen atoms in total. The maximum atomic E-state index is 5.16. The van der Waals surface area contributed by atoms with Crippen LogP contribution in [-0.2, 0) is 17.7 Å². The Balaban J connectivity index is 2.31. The monoisotopic (exact) mass is 207 g/mol. The van der Waals surface area contributed by atoms with Gasteiger partial charge < -0.3 is 10.1 Å². The molecule has 1 aromatic carbocycles. The highest BCUT2D eigenvalue weighted by Crippen LogP contribution is 2.04. The molecule has 0 radical (unpaired) electrons. The Kier molecular flexibility index (Phi) is 5.37. The van der Waals surface area contributed by atoms with E-state index in [1.165, 1.54) is 11.1 Å². The lowest BCUT2D eigenvalue weighted by molar-refractivity contribution is 0.117. The van der Waals surface area contributed by atoms with Crippen LogP contribution >= 0.6 is 0 Å². The number of nitrogens with one attached hydrogen (secondary N) is 1. The summed E-state index contributed by atoms with van der Waals surface area (Å²) in [5.41, 5.74) is 2.72. The lowest BCUT2D eigenvalue weighted by Crippen LogP contribution is -2.25. The van der Waals surface area contributed by atoms with Crippen molar-refractivity contribution >= 4 is 0 Å². The molecule has 1 aromatic rings. The van der Waals surface area contributed by atoms with Gasteiger partial charge >= 0.3 is 0 Å². The molecular formula is C13H21NO. The van der Waals surface area contributed by atoms with Crippen molar-refractivity contribution in [2.45, 2.75) is 32.9 Å². The molecule has 2 heteroatoms. The third-order valence-corrected chi connectivity index (χ3v) is 2.59. The number of rotatable bonds is 6. The van der Waals surface area contributed by atoms with Crippen molar-refractivity contribution < 1.29 is 4.74 Å². The summed E-state index contributed by atoms with van der Waals surface area (Å²) in [6, 6.07) is 8.75. The van der Waals surface area contributed by atoms with E-state index in [0.717, 1.165) is 19.5 Å². The second-order valence-electron chi connectivity index (χ2n) is 3.85. The van der Waals surface area contributed by atoms with Crippen molar-refractivity contribution in [3.05, 3.63) is 35.4 Å². The number of methoxy groups -OCH3 is 1. The van der Waals surface area contributed by atoms with E-state index in [9.17, 15) is 0 Å². The highest BCUT2D eigenvalue weighted by molar-refractivity contribution is 5.22. The topological polar surface area (TPSA) is 21.3 Å². The molecule has 0 amide bonds. The molecule has 0 aromatic heterocycles. The normalized spacial score (nSPS) is 12.7. The Morgan fingerprint density at radius 1 is 1.20 bits per heavy atom. The summed E-state index contributed by atoms with van der Waals surface area (Å²) in [5.74, 6) is 0. The third kappa shape index (κ3) is 4.45. The van der Waals surface area contributed by atoms with Crippen LogP contribution in [0.15, 0.2) is 24.3 Å². The van der Waals surface area contributed by atoms with E-state index in [0.29, 0.717) is 0 Å². The average molecular weight is 207 g/mol. The van der Waals surface area contributed by atoms with Crippen molar-refractivity contribution in [2.75, 3.05) is 13.7 Å². The lowest BCUT2D eigenvalue weighted by atomic mass is 10.1. The van der Waals surface area contributed by atoms with Gasteiger partial charge in [0, 0.05) is 20.2 Å². The van der Waals surface area contributed by atoms with Gasteiger partial charge in [-0.25, -0.2) is 0 Å². The van der Waals surface area contributed by atoms with Gasteiger partial charge in [-0.1, -0.05) is 31.2 Å². The zero-order chi connectivity index (χ0) is 11.1. The maximum absolute atomic E-state index is 5.16. The fourth-order valence-electron chi connectivity index (χ4n) is 1.40. The predicted octanol–water partition coefficient (Wildman–Crippen LogP) is 2.37. The Bertz CT molecular complexity index is 268. The fraction of sp³-hybridized carbons (Fsp3) is 0.538. The van der Waals surface area contributed by atoms with Crippen molar-refractivity contribution in [2.24, 2.45) is 0 Å². The second kappa shape index (κ2) is 6.59. The quantitative estimate of drug-likeness (QED) is 0.773. The van der Waals surface area contributed by atoms with Crippen LogP contribution in [-0.4, -0.2) is 19.8 Å². The highest BCUT2D eigenvalue weighted by atomic mass is 16.5. The van der Waals surface area contributed by atoms with Crippen LogP contribution in [0.25, 0.3) is 0 Å². The first-order valence-electron chi connectivity index (χ1n) is 5.57. The van der Waals surface area contributed by atoms with E-state index in [1.54, 1.807) is 7.11 Å². The fourth-order valence-corrected chi connectivity index (χ4v) is 1.40. The van der Waals surface area contributed by atoms with E-state index >= 15 is 0 Å². The molecule has 0 aliphatic carbocycles. The summed E-state index contributed by atoms with van der Waals surface area (Å²) in [7, 11) is 1.74. The molecule has 0 heterocycles. The Morgan fingerprint density at radius 2 is 1.80 bits per heavy atom. The van der Waals surface area contributed by atoms with Gasteiger partial charge in [-0.3, -0.25) is 0 Å². The van der Waals surface area contributed by atoms with Gasteiger partial charge in [0.2, 0.25) is 0 Å². The van der Waals surface area contributed by atoms with Gasteiger partial charge in [0.15, 0.2) is 0 Å². The first kappa shape index (κ1) is 12.2. The molecular weight excluding hydrogens is 186 g/mol. The van der Waals surface area contributed by atoms with Gasteiger partial charge in [-0.2, -0.15) is 0 Å². The summed E-state index contributed by atoms with van der Waals surface area (Å²) >= 11 is 0. The van der Waals surface area contributed by atoms with Crippen molar-refractivity contribution in [1.82, 2.24) is 5.32 Å². The van der Waals surface area contributed by atoms with Crippen LogP contribution in [0.4, 0.5) is 0 Å². The highest BCUT2D eigenvalue weighted by Gasteiger charge is 1.98. The van der Waals surface area contributed by atoms with Gasteiger partial charge in [0.25, 0.3) is 0 Å². The molecule has 0 fully saturated rings. The number of hydrogen-bond acceptors (Lipinski definition) is 2. The summed E-state index contributed by atoms with van der Waals surface area (Å²) in [4.78, 5) is 0. The Hall–Kier alpha value is -0.860. The first-order chi connectivity index (χ1) is 7.26. The first-order valence-corrected chi connectivity index (χ1v) is 5.57. The molecule has 1 N–H and O–H groups in total. The van der Waals surface area contributed by atoms with E-state index in [-0.39, 0.29) is 6.10 Å². The average Bonchev–Trinajstić information content (AvgIpc) is 2.29. The Labute approximate surface area is 92.6 Å². The molecule has 0 bridgehead atoms. The van der Waals surface area contributed by atoms with Gasteiger partial charge in [-0.05, 0) is 24.5 Å². The third-order valence-electron chi connectivity index (χ3n) is 2.59. The van der Waals surface area contributed by atoms with E-state index in [4.69, 9.17) is 4.74 Å². The predicted molar refractivity (Wildman–Crippen MR) is 64.0 cm³/mol. The van der Waals surface area contributed by atoms with Gasteiger partial charge in [-0.15, -0.1) is 0 Å². The molecule has 1 unspecified atom stereocenters. The number of benzene rings is 1. The van der Waals surface area contributed by atoms with Gasteiger partial charge in [0.05, 0.1) is 6.10 Å². The van der Waals surface area contributed by atoms with Crippen molar-refractivity contribution in [3.63, 3.8) is 0 Å². The van der Waals surface area contributed by atoms with Crippen LogP contribution in [0, 0.1) is 0 Å². The minimum absolute atomic E-state index is 0.278. The van der Waals surface area contributed by atoms with Crippen LogP contribution in [0.3, 0.4) is 0 Å². The molecule has 0 spiro atoms. The molecule has 0 saturated heterocycles. The molecule has 1 atom stereocenters. The van der Waals surface area contributed by atoms with Crippen molar-refractivity contribution in [1.29, 1.82) is 0 Å². The van der Waals surface area contributed by atoms with Gasteiger partial charge in [0.1, 0.15) is 0 Å². The molecule has 15 heavy (non-hydrogen) atoms. The molecule has 0 aliphatic heterocycles. The van der Waals surface area contributed by atoms with Crippen LogP contribution in [0.5, 0.6) is 0 Å². The van der Waals surface area contributed by atoms with Crippen LogP contribution < -0.4 is 5.32 Å². The summed E-state index contributed by atoms with van der Waals surface area (Å²) in [6.45, 7) is 6.05. The Morgan fingerprint density at radius 3 is 2.33 bits per heavy atom. The van der Waals surface area contributed by atoms with E-state index < -0.39 is 0 Å². The second-order valence-corrected chi connectivity index (χ2v) is 3.85. The number of hydrogen-bond donors (Lipinski definition) is 1. The zero-order valence-electron chi connectivity index (χ0n) is 9.92. The minimum Gasteiger partial charge on any atom is -0.380 e. The standard InChI is InChI=1S/C13H21NO/c1-4-12-5-7-13(8-6-12)10-14-9-11(2)15-3/h5-8,11,14H,4,9-10H2,1-3H3. The number of aryl methyl sites for hydroxylation is 1. The largest absolute Gasteiger partial charge is 0.380 e. The SMILES string of the molecule is CCc1ccc(CNCC(C)OC)cc1. The van der Waals surface area contributed by atoms with Crippen molar-refractivity contribution in [3.8, 4) is 0 Å². The summed E-state index contributed by atoms with van der Waals surface area (Å²) in [6.07, 6.45) is 1.38. The van der Waals surface area contributed by atoms with Crippen LogP contribution in [0.1, 0.15) is 25.0 Å². The molecule has 0 aliphatic rings. The molecule has 84 valence electrons. The van der Waals surface area contributed by atoms with E-state index in [1.807, 2.05) is 0 Å². The smallest absolute Gasteiger partial charge is 0.0667 e. The lowest BCUT2D eigenvalue weighted by Gasteiger charge is -2.10. The summed E-state index contributed by atoms with van der Waals surface area (Å²) < 4.78 is 5.16. The molecule has 0 saturated carbocycles.